The van der Waals surface area contributed by atoms with Gasteiger partial charge in [0.15, 0.2) is 0 Å². The molecule has 0 radical (unpaired) electrons. The molecule has 19 heavy (non-hydrogen) atoms. The van der Waals surface area contributed by atoms with Gasteiger partial charge < -0.3 is 0 Å². The molecule has 0 saturated carbocycles. The summed E-state index contributed by atoms with van der Waals surface area (Å²) >= 11 is 0. The highest BCUT2D eigenvalue weighted by Gasteiger charge is 2.31. The number of hydrogen-bond acceptors (Lipinski definition) is 1. The highest BCUT2D eigenvalue weighted by molar-refractivity contribution is 7.59. The van der Waals surface area contributed by atoms with Crippen molar-refractivity contribution in [3.8, 4) is 0 Å². The monoisotopic (exact) mass is 276 g/mol. The Labute approximate surface area is 115 Å². The molecule has 4 heteroatoms. The van der Waals surface area contributed by atoms with E-state index in [-0.39, 0.29) is 0 Å². The lowest BCUT2D eigenvalue weighted by Gasteiger charge is -2.35. The second-order valence-corrected chi connectivity index (χ2v) is 7.87. The van der Waals surface area contributed by atoms with E-state index < -0.39 is 7.44 Å². The number of hydrogen-bond donors (Lipinski definition) is 0. The van der Waals surface area contributed by atoms with E-state index >= 15 is 0 Å². The molecule has 0 fully saturated rings. The van der Waals surface area contributed by atoms with Gasteiger partial charge in [0.25, 0.3) is 0 Å². The largest absolute Gasteiger partial charge is 0.288 e. The summed E-state index contributed by atoms with van der Waals surface area (Å²) in [6.07, 6.45) is 8.88. The Hall–Kier alpha value is -1.15. The van der Waals surface area contributed by atoms with Crippen LogP contribution in [0.3, 0.4) is 0 Å². The molecule has 1 heterocycles. The van der Waals surface area contributed by atoms with E-state index in [1.54, 1.807) is 0 Å². The molecule has 1 unspecified atom stereocenters. The first-order valence-electron chi connectivity index (χ1n) is 6.52. The predicted octanol–water partition coefficient (Wildman–Crippen LogP) is 3.33. The van der Waals surface area contributed by atoms with E-state index in [0.717, 1.165) is 6.54 Å². The molecule has 1 aromatic carbocycles. The van der Waals surface area contributed by atoms with Crippen molar-refractivity contribution in [1.82, 2.24) is 9.34 Å². The van der Waals surface area contributed by atoms with Crippen LogP contribution in [0.4, 0.5) is 0 Å². The molecule has 0 aliphatic carbocycles. The van der Waals surface area contributed by atoms with Crippen LogP contribution in [0.5, 0.6) is 0 Å². The van der Waals surface area contributed by atoms with Gasteiger partial charge in [-0.3, -0.25) is 4.57 Å². The highest BCUT2D eigenvalue weighted by Crippen LogP contribution is 2.52. The zero-order valence-corrected chi connectivity index (χ0v) is 12.5. The second-order valence-electron chi connectivity index (χ2n) is 4.81. The Balaban J connectivity index is 1.98. The van der Waals surface area contributed by atoms with Crippen LogP contribution in [0.1, 0.15) is 5.56 Å². The lowest BCUT2D eigenvalue weighted by molar-refractivity contribution is 0.418. The molecule has 0 bridgehead atoms. The quantitative estimate of drug-likeness (QED) is 0.622. The van der Waals surface area contributed by atoms with E-state index in [1.165, 1.54) is 5.56 Å². The van der Waals surface area contributed by atoms with Gasteiger partial charge in [0.1, 0.15) is 0 Å². The van der Waals surface area contributed by atoms with Gasteiger partial charge in [-0.2, -0.15) is 0 Å². The molecular weight excluding hydrogens is 255 g/mol. The van der Waals surface area contributed by atoms with Crippen molar-refractivity contribution < 1.29 is 4.57 Å². The molecule has 3 nitrogen and oxygen atoms in total. The van der Waals surface area contributed by atoms with Gasteiger partial charge in [0.05, 0.1) is 0 Å². The van der Waals surface area contributed by atoms with Gasteiger partial charge in [-0.25, -0.2) is 9.34 Å². The summed E-state index contributed by atoms with van der Waals surface area (Å²) in [6.45, 7) is 1.47. The van der Waals surface area contributed by atoms with Gasteiger partial charge >= 0.3 is 0 Å². The molecule has 1 aliphatic heterocycles. The zero-order valence-electron chi connectivity index (χ0n) is 11.6. The first-order chi connectivity index (χ1) is 9.13. The molecule has 0 spiro atoms. The standard InChI is InChI=1S/C15H21N2OP/c1-16-12-6-7-14-19(16,18)17(2)13-8-11-15-9-4-3-5-10-15/h3-11H,12-14H2,1-2H3/b11-8+. The molecule has 0 saturated heterocycles. The molecular formula is C15H21N2OP. The Morgan fingerprint density at radius 3 is 2.74 bits per heavy atom. The van der Waals surface area contributed by atoms with Crippen LogP contribution >= 0.6 is 7.44 Å². The fraction of sp³-hybridized carbons (Fsp3) is 0.333. The van der Waals surface area contributed by atoms with Crippen molar-refractivity contribution in [3.05, 3.63) is 54.1 Å². The van der Waals surface area contributed by atoms with Crippen molar-refractivity contribution in [2.75, 3.05) is 33.3 Å². The number of allylic oxidation sites excluding steroid dienone is 1. The normalized spacial score (nSPS) is 24.4. The summed E-state index contributed by atoms with van der Waals surface area (Å²) < 4.78 is 16.8. The van der Waals surface area contributed by atoms with Crippen molar-refractivity contribution in [2.24, 2.45) is 0 Å². The zero-order chi connectivity index (χ0) is 13.7. The van der Waals surface area contributed by atoms with Gasteiger partial charge in [-0.15, -0.1) is 0 Å². The van der Waals surface area contributed by atoms with Crippen LogP contribution in [0, 0.1) is 0 Å². The van der Waals surface area contributed by atoms with E-state index in [9.17, 15) is 4.57 Å². The fourth-order valence-corrected chi connectivity index (χ4v) is 4.34. The molecule has 1 aliphatic rings. The maximum Gasteiger partial charge on any atom is 0.220 e. The minimum atomic E-state index is -2.39. The molecule has 102 valence electrons. The van der Waals surface area contributed by atoms with Gasteiger partial charge in [0.2, 0.25) is 7.44 Å². The highest BCUT2D eigenvalue weighted by atomic mass is 31.2. The number of likely N-dealkylation sites (N-methyl/N-ethyl adjacent to an activating group) is 2. The Morgan fingerprint density at radius 2 is 2.05 bits per heavy atom. The maximum atomic E-state index is 12.9. The van der Waals surface area contributed by atoms with E-state index in [4.69, 9.17) is 0 Å². The topological polar surface area (TPSA) is 23.6 Å². The van der Waals surface area contributed by atoms with E-state index in [1.807, 2.05) is 47.7 Å². The third-order valence-electron chi connectivity index (χ3n) is 3.43. The number of nitrogens with zero attached hydrogens (tertiary/aromatic N) is 2. The average molecular weight is 276 g/mol. The lowest BCUT2D eigenvalue weighted by Crippen LogP contribution is -2.30. The van der Waals surface area contributed by atoms with E-state index in [0.29, 0.717) is 12.7 Å². The minimum absolute atomic E-state index is 0.638. The third-order valence-corrected chi connectivity index (χ3v) is 6.57. The predicted molar refractivity (Wildman–Crippen MR) is 82.3 cm³/mol. The van der Waals surface area contributed by atoms with Gasteiger partial charge in [0, 0.05) is 19.3 Å². The molecule has 1 atom stereocenters. The van der Waals surface area contributed by atoms with Crippen molar-refractivity contribution in [3.63, 3.8) is 0 Å². The Kier molecular flexibility index (Phi) is 4.76. The Bertz CT molecular complexity index is 510. The summed E-state index contributed by atoms with van der Waals surface area (Å²) in [4.78, 5) is 0. The molecule has 0 aromatic heterocycles. The van der Waals surface area contributed by atoms with Crippen molar-refractivity contribution >= 4 is 13.5 Å². The minimum Gasteiger partial charge on any atom is -0.288 e. The molecule has 2 rings (SSSR count). The van der Waals surface area contributed by atoms with E-state index in [2.05, 4.69) is 30.4 Å². The summed E-state index contributed by atoms with van der Waals surface area (Å²) in [5.41, 5.74) is 1.17. The third kappa shape index (κ3) is 3.44. The maximum absolute atomic E-state index is 12.9. The van der Waals surface area contributed by atoms with Crippen LogP contribution in [0.2, 0.25) is 0 Å². The molecule has 0 amide bonds. The number of benzene rings is 1. The first-order valence-corrected chi connectivity index (χ1v) is 8.31. The van der Waals surface area contributed by atoms with Crippen LogP contribution in [0.15, 0.2) is 48.6 Å². The smallest absolute Gasteiger partial charge is 0.220 e. The average Bonchev–Trinajstić information content (AvgIpc) is 2.43. The lowest BCUT2D eigenvalue weighted by atomic mass is 10.2. The first kappa shape index (κ1) is 14.3. The number of rotatable bonds is 4. The van der Waals surface area contributed by atoms with Crippen molar-refractivity contribution in [1.29, 1.82) is 0 Å². The second kappa shape index (κ2) is 6.33. The summed E-state index contributed by atoms with van der Waals surface area (Å²) in [6, 6.07) is 10.2. The summed E-state index contributed by atoms with van der Waals surface area (Å²) in [7, 11) is 1.48. The van der Waals surface area contributed by atoms with Crippen molar-refractivity contribution in [2.45, 2.75) is 0 Å². The SMILES string of the molecule is CN1CC=CCP1(=O)N(C)C/C=C/c1ccccc1. The van der Waals surface area contributed by atoms with Crippen LogP contribution in [-0.2, 0) is 4.57 Å². The fourth-order valence-electron chi connectivity index (χ4n) is 2.14. The molecule has 0 N–H and O–H groups in total. The summed E-state index contributed by atoms with van der Waals surface area (Å²) in [5.74, 6) is 0. The Morgan fingerprint density at radius 1 is 1.32 bits per heavy atom. The van der Waals surface area contributed by atoms with Gasteiger partial charge in [-0.1, -0.05) is 54.6 Å². The summed E-state index contributed by atoms with van der Waals surface area (Å²) in [5, 5.41) is 0. The van der Waals surface area contributed by atoms with Crippen LogP contribution in [-0.4, -0.2) is 42.7 Å². The van der Waals surface area contributed by atoms with Gasteiger partial charge in [-0.05, 0) is 19.7 Å². The molecule has 1 aromatic rings. The van der Waals surface area contributed by atoms with Crippen LogP contribution in [0.25, 0.3) is 6.08 Å². The van der Waals surface area contributed by atoms with Crippen LogP contribution < -0.4 is 0 Å².